The van der Waals surface area contributed by atoms with E-state index in [1.54, 1.807) is 6.08 Å². The smallest absolute Gasteiger partial charge is 0.119 e. The zero-order valence-electron chi connectivity index (χ0n) is 17.1. The average molecular weight is 381 g/mol. The topological polar surface area (TPSA) is 9.23 Å². The summed E-state index contributed by atoms with van der Waals surface area (Å²) < 4.78 is 18.0. The lowest BCUT2D eigenvalue weighted by Gasteiger charge is -2.28. The Morgan fingerprint density at radius 3 is 2.14 bits per heavy atom. The second kappa shape index (κ2) is 11.0. The standard InChI is InChI=1S/C26H33FO/c1-2-3-4-20-28-26-17-15-25(16-18-26)24-13-11-23(12-14-24)22-9-7-21(8-10-22)6-5-19-27/h5,11-19,21-22H,2-4,6-10,20H2,1H3/t21-,22-. The van der Waals surface area contributed by atoms with Crippen molar-refractivity contribution in [1.82, 2.24) is 0 Å². The maximum Gasteiger partial charge on any atom is 0.119 e. The molecule has 0 radical (unpaired) electrons. The summed E-state index contributed by atoms with van der Waals surface area (Å²) in [7, 11) is 0. The normalized spacial score (nSPS) is 19.8. The second-order valence-corrected chi connectivity index (χ2v) is 8.02. The fourth-order valence-corrected chi connectivity index (χ4v) is 4.21. The van der Waals surface area contributed by atoms with Gasteiger partial charge in [-0.15, -0.1) is 0 Å². The van der Waals surface area contributed by atoms with Gasteiger partial charge in [0, 0.05) is 0 Å². The molecule has 0 aliphatic heterocycles. The van der Waals surface area contributed by atoms with Crippen molar-refractivity contribution in [3.8, 4) is 16.9 Å². The highest BCUT2D eigenvalue weighted by Crippen LogP contribution is 2.37. The molecular formula is C26H33FO. The first-order valence-corrected chi connectivity index (χ1v) is 10.9. The van der Waals surface area contributed by atoms with Crippen LogP contribution >= 0.6 is 0 Å². The number of hydrogen-bond acceptors (Lipinski definition) is 1. The van der Waals surface area contributed by atoms with Crippen LogP contribution in [0.3, 0.4) is 0 Å². The highest BCUT2D eigenvalue weighted by Gasteiger charge is 2.21. The van der Waals surface area contributed by atoms with Crippen LogP contribution in [0, 0.1) is 5.92 Å². The number of hydrogen-bond donors (Lipinski definition) is 0. The maximum atomic E-state index is 12.2. The summed E-state index contributed by atoms with van der Waals surface area (Å²) in [6, 6.07) is 17.5. The van der Waals surface area contributed by atoms with E-state index in [1.807, 2.05) is 0 Å². The molecule has 1 nitrogen and oxygen atoms in total. The Morgan fingerprint density at radius 1 is 0.893 bits per heavy atom. The van der Waals surface area contributed by atoms with Crippen LogP contribution in [0.2, 0.25) is 0 Å². The van der Waals surface area contributed by atoms with Crippen molar-refractivity contribution in [2.45, 2.75) is 64.2 Å². The van der Waals surface area contributed by atoms with Crippen molar-refractivity contribution in [3.63, 3.8) is 0 Å². The van der Waals surface area contributed by atoms with Crippen LogP contribution in [0.15, 0.2) is 60.9 Å². The van der Waals surface area contributed by atoms with Gasteiger partial charge in [0.15, 0.2) is 0 Å². The molecule has 28 heavy (non-hydrogen) atoms. The van der Waals surface area contributed by atoms with Crippen LogP contribution < -0.4 is 4.74 Å². The van der Waals surface area contributed by atoms with Gasteiger partial charge in [-0.25, -0.2) is 4.39 Å². The molecule has 2 aromatic rings. The van der Waals surface area contributed by atoms with E-state index in [1.165, 1.54) is 55.2 Å². The van der Waals surface area contributed by atoms with E-state index in [-0.39, 0.29) is 0 Å². The number of halogens is 1. The summed E-state index contributed by atoms with van der Waals surface area (Å²) in [5.41, 5.74) is 3.93. The highest BCUT2D eigenvalue weighted by atomic mass is 19.1. The van der Waals surface area contributed by atoms with E-state index in [9.17, 15) is 4.39 Å². The molecule has 0 saturated heterocycles. The summed E-state index contributed by atoms with van der Waals surface area (Å²) in [6.45, 7) is 3.01. The Labute approximate surface area is 169 Å². The molecule has 0 heterocycles. The molecule has 1 aliphatic carbocycles. The molecule has 2 heteroatoms. The van der Waals surface area contributed by atoms with E-state index < -0.39 is 0 Å². The third kappa shape index (κ3) is 5.95. The molecule has 0 spiro atoms. The molecule has 0 N–H and O–H groups in total. The molecule has 3 rings (SSSR count). The summed E-state index contributed by atoms with van der Waals surface area (Å²) >= 11 is 0. The van der Waals surface area contributed by atoms with Crippen LogP contribution in [0.4, 0.5) is 4.39 Å². The van der Waals surface area contributed by atoms with Crippen molar-refractivity contribution in [2.24, 2.45) is 5.92 Å². The predicted octanol–water partition coefficient (Wildman–Crippen LogP) is 8.07. The van der Waals surface area contributed by atoms with Gasteiger partial charge in [-0.1, -0.05) is 62.2 Å². The van der Waals surface area contributed by atoms with Gasteiger partial charge in [-0.3, -0.25) is 0 Å². The van der Waals surface area contributed by atoms with Crippen molar-refractivity contribution in [2.75, 3.05) is 6.61 Å². The van der Waals surface area contributed by atoms with Gasteiger partial charge in [0.1, 0.15) is 5.75 Å². The molecule has 1 saturated carbocycles. The predicted molar refractivity (Wildman–Crippen MR) is 116 cm³/mol. The monoisotopic (exact) mass is 380 g/mol. The van der Waals surface area contributed by atoms with E-state index >= 15 is 0 Å². The second-order valence-electron chi connectivity index (χ2n) is 8.02. The molecule has 0 atom stereocenters. The SMILES string of the molecule is CCCCCOc1ccc(-c2ccc([C@H]3CC[C@H](CC=CF)CC3)cc2)cc1. The lowest BCUT2D eigenvalue weighted by Crippen LogP contribution is -2.12. The number of ether oxygens (including phenoxy) is 1. The van der Waals surface area contributed by atoms with Gasteiger partial charge in [-0.2, -0.15) is 0 Å². The van der Waals surface area contributed by atoms with Crippen LogP contribution in [0.5, 0.6) is 5.75 Å². The maximum absolute atomic E-state index is 12.2. The molecule has 0 amide bonds. The van der Waals surface area contributed by atoms with E-state index in [4.69, 9.17) is 4.74 Å². The lowest BCUT2D eigenvalue weighted by molar-refractivity contribution is 0.306. The Kier molecular flexibility index (Phi) is 8.14. The first-order chi connectivity index (χ1) is 13.8. The molecule has 150 valence electrons. The number of rotatable bonds is 9. The minimum atomic E-state index is 0.651. The van der Waals surface area contributed by atoms with E-state index in [0.29, 0.717) is 18.2 Å². The molecule has 2 aromatic carbocycles. The summed E-state index contributed by atoms with van der Waals surface area (Å²) in [4.78, 5) is 0. The minimum Gasteiger partial charge on any atom is -0.494 e. The van der Waals surface area contributed by atoms with Crippen LogP contribution in [0.1, 0.15) is 69.8 Å². The van der Waals surface area contributed by atoms with Gasteiger partial charge >= 0.3 is 0 Å². The molecule has 0 bridgehead atoms. The minimum absolute atomic E-state index is 0.651. The molecule has 0 unspecified atom stereocenters. The largest absolute Gasteiger partial charge is 0.494 e. The molecule has 0 aromatic heterocycles. The van der Waals surface area contributed by atoms with Gasteiger partial charge in [0.25, 0.3) is 0 Å². The van der Waals surface area contributed by atoms with Gasteiger partial charge < -0.3 is 4.74 Å². The van der Waals surface area contributed by atoms with Crippen molar-refractivity contribution in [1.29, 1.82) is 0 Å². The van der Waals surface area contributed by atoms with E-state index in [2.05, 4.69) is 55.5 Å². The first-order valence-electron chi connectivity index (χ1n) is 10.9. The lowest BCUT2D eigenvalue weighted by atomic mass is 9.77. The van der Waals surface area contributed by atoms with Crippen LogP contribution in [-0.4, -0.2) is 6.61 Å². The highest BCUT2D eigenvalue weighted by molar-refractivity contribution is 5.64. The van der Waals surface area contributed by atoms with Crippen molar-refractivity contribution in [3.05, 3.63) is 66.5 Å². The third-order valence-corrected chi connectivity index (χ3v) is 5.99. The zero-order chi connectivity index (χ0) is 19.6. The molecule has 1 fully saturated rings. The van der Waals surface area contributed by atoms with Gasteiger partial charge in [0.05, 0.1) is 12.9 Å². The van der Waals surface area contributed by atoms with Gasteiger partial charge in [-0.05, 0) is 79.2 Å². The molecule has 1 aliphatic rings. The molecular weight excluding hydrogens is 347 g/mol. The Hall–Kier alpha value is -2.09. The summed E-state index contributed by atoms with van der Waals surface area (Å²) in [5, 5.41) is 0. The third-order valence-electron chi connectivity index (χ3n) is 5.99. The summed E-state index contributed by atoms with van der Waals surface area (Å²) in [6.07, 6.45) is 11.7. The van der Waals surface area contributed by atoms with E-state index in [0.717, 1.165) is 25.2 Å². The van der Waals surface area contributed by atoms with Crippen molar-refractivity contribution >= 4 is 0 Å². The number of allylic oxidation sites excluding steroid dienone is 1. The quantitative estimate of drug-likeness (QED) is 0.400. The van der Waals surface area contributed by atoms with Crippen LogP contribution in [-0.2, 0) is 0 Å². The number of unbranched alkanes of at least 4 members (excludes halogenated alkanes) is 2. The number of benzene rings is 2. The average Bonchev–Trinajstić information content (AvgIpc) is 2.76. The van der Waals surface area contributed by atoms with Crippen molar-refractivity contribution < 1.29 is 9.13 Å². The van der Waals surface area contributed by atoms with Gasteiger partial charge in [0.2, 0.25) is 0 Å². The fraction of sp³-hybridized carbons (Fsp3) is 0.462. The van der Waals surface area contributed by atoms with Crippen LogP contribution in [0.25, 0.3) is 11.1 Å². The first kappa shape index (κ1) is 20.6. The fourth-order valence-electron chi connectivity index (χ4n) is 4.21. The summed E-state index contributed by atoms with van der Waals surface area (Å²) in [5.74, 6) is 2.26. The Balaban J connectivity index is 1.53. The zero-order valence-corrected chi connectivity index (χ0v) is 17.1. The Bertz CT molecular complexity index is 709. The Morgan fingerprint density at radius 2 is 1.54 bits per heavy atom.